The highest BCUT2D eigenvalue weighted by Crippen LogP contribution is 1.90. The zero-order chi connectivity index (χ0) is 12.8. The lowest BCUT2D eigenvalue weighted by Crippen LogP contribution is -2.39. The Balaban J connectivity index is 0. The molecule has 0 aromatic rings. The molecular formula is C13H30IN3O. The summed E-state index contributed by atoms with van der Waals surface area (Å²) in [5.74, 6) is 0.875. The maximum absolute atomic E-state index is 5.47. The van der Waals surface area contributed by atoms with Gasteiger partial charge in [0.2, 0.25) is 0 Å². The number of guanidine groups is 1. The molecule has 0 atom stereocenters. The minimum atomic E-state index is 0. The summed E-state index contributed by atoms with van der Waals surface area (Å²) in [6, 6.07) is 0. The summed E-state index contributed by atoms with van der Waals surface area (Å²) < 4.78 is 5.47. The van der Waals surface area contributed by atoms with Gasteiger partial charge in [-0.15, -0.1) is 24.0 Å². The van der Waals surface area contributed by atoms with E-state index < -0.39 is 0 Å². The number of nitrogens with one attached hydrogen (secondary N) is 2. The Kier molecular flexibility index (Phi) is 19.1. The third kappa shape index (κ3) is 14.0. The largest absolute Gasteiger partial charge is 0.380 e. The summed E-state index contributed by atoms with van der Waals surface area (Å²) in [7, 11) is 1.80. The first-order valence-corrected chi connectivity index (χ1v) is 6.87. The van der Waals surface area contributed by atoms with Gasteiger partial charge in [0.1, 0.15) is 0 Å². The van der Waals surface area contributed by atoms with Crippen molar-refractivity contribution < 1.29 is 4.74 Å². The zero-order valence-electron chi connectivity index (χ0n) is 12.1. The van der Waals surface area contributed by atoms with E-state index in [0.29, 0.717) is 0 Å². The number of unbranched alkanes of at least 4 members (excludes halogenated alkanes) is 3. The monoisotopic (exact) mass is 371 g/mol. The molecule has 0 saturated heterocycles. The fourth-order valence-corrected chi connectivity index (χ4v) is 1.39. The minimum Gasteiger partial charge on any atom is -0.380 e. The number of rotatable bonds is 10. The van der Waals surface area contributed by atoms with Crippen LogP contribution in [0.15, 0.2) is 4.99 Å². The summed E-state index contributed by atoms with van der Waals surface area (Å²) in [5, 5.41) is 6.53. The molecule has 5 heteroatoms. The molecule has 0 heterocycles. The smallest absolute Gasteiger partial charge is 0.191 e. The fourth-order valence-electron chi connectivity index (χ4n) is 1.39. The van der Waals surface area contributed by atoms with Crippen molar-refractivity contribution in [2.75, 3.05) is 33.4 Å². The molecule has 0 amide bonds. The van der Waals surface area contributed by atoms with Crippen LogP contribution in [0.2, 0.25) is 0 Å². The molecule has 0 fully saturated rings. The van der Waals surface area contributed by atoms with Gasteiger partial charge in [-0.25, -0.2) is 0 Å². The molecule has 0 aromatic heterocycles. The van der Waals surface area contributed by atoms with E-state index >= 15 is 0 Å². The van der Waals surface area contributed by atoms with Crippen LogP contribution in [0.1, 0.15) is 46.0 Å². The molecule has 0 saturated carbocycles. The van der Waals surface area contributed by atoms with E-state index in [1.807, 2.05) is 0 Å². The molecule has 0 bridgehead atoms. The molecule has 18 heavy (non-hydrogen) atoms. The van der Waals surface area contributed by atoms with E-state index in [4.69, 9.17) is 4.74 Å². The first kappa shape index (κ1) is 20.3. The van der Waals surface area contributed by atoms with Gasteiger partial charge in [0.15, 0.2) is 5.96 Å². The molecule has 0 spiro atoms. The van der Waals surface area contributed by atoms with Crippen LogP contribution < -0.4 is 10.6 Å². The maximum Gasteiger partial charge on any atom is 0.191 e. The highest BCUT2D eigenvalue weighted by molar-refractivity contribution is 14.0. The van der Waals surface area contributed by atoms with Gasteiger partial charge in [0, 0.05) is 26.7 Å². The predicted octanol–water partition coefficient (Wildman–Crippen LogP) is 2.78. The van der Waals surface area contributed by atoms with Gasteiger partial charge >= 0.3 is 0 Å². The first-order chi connectivity index (χ1) is 8.35. The maximum atomic E-state index is 5.47. The van der Waals surface area contributed by atoms with Crippen molar-refractivity contribution in [1.82, 2.24) is 10.6 Å². The number of nitrogens with zero attached hydrogens (tertiary/aromatic N) is 1. The van der Waals surface area contributed by atoms with Crippen molar-refractivity contribution in [3.8, 4) is 0 Å². The average molecular weight is 371 g/mol. The third-order valence-electron chi connectivity index (χ3n) is 2.48. The molecule has 0 aliphatic rings. The lowest BCUT2D eigenvalue weighted by atomic mass is 10.2. The molecule has 0 radical (unpaired) electrons. The molecule has 4 nitrogen and oxygen atoms in total. The predicted molar refractivity (Wildman–Crippen MR) is 90.0 cm³/mol. The lowest BCUT2D eigenvalue weighted by molar-refractivity contribution is 0.136. The average Bonchev–Trinajstić information content (AvgIpc) is 2.36. The molecule has 2 N–H and O–H groups in total. The molecule has 0 aliphatic carbocycles. The van der Waals surface area contributed by atoms with Gasteiger partial charge < -0.3 is 15.4 Å². The van der Waals surface area contributed by atoms with Gasteiger partial charge in [-0.05, 0) is 12.8 Å². The SMILES string of the molecule is CCCCCNC(=NC)NCCOCCCC.I. The molecule has 0 unspecified atom stereocenters. The molecule has 0 aromatic carbocycles. The number of hydrogen-bond acceptors (Lipinski definition) is 2. The zero-order valence-corrected chi connectivity index (χ0v) is 14.5. The van der Waals surface area contributed by atoms with E-state index in [9.17, 15) is 0 Å². The Morgan fingerprint density at radius 1 is 0.944 bits per heavy atom. The molecule has 0 rings (SSSR count). The summed E-state index contributed by atoms with van der Waals surface area (Å²) in [6.45, 7) is 7.79. The van der Waals surface area contributed by atoms with Gasteiger partial charge in [-0.1, -0.05) is 33.1 Å². The van der Waals surface area contributed by atoms with Crippen LogP contribution in [0.5, 0.6) is 0 Å². The number of ether oxygens (including phenoxy) is 1. The van der Waals surface area contributed by atoms with Crippen molar-refractivity contribution in [2.45, 2.75) is 46.0 Å². The van der Waals surface area contributed by atoms with Gasteiger partial charge in [-0.2, -0.15) is 0 Å². The van der Waals surface area contributed by atoms with Gasteiger partial charge in [0.05, 0.1) is 6.61 Å². The van der Waals surface area contributed by atoms with E-state index in [0.717, 1.165) is 38.7 Å². The Morgan fingerprint density at radius 3 is 2.22 bits per heavy atom. The first-order valence-electron chi connectivity index (χ1n) is 6.87. The minimum absolute atomic E-state index is 0. The normalized spacial score (nSPS) is 10.9. The van der Waals surface area contributed by atoms with Gasteiger partial charge in [-0.3, -0.25) is 4.99 Å². The lowest BCUT2D eigenvalue weighted by Gasteiger charge is -2.11. The summed E-state index contributed by atoms with van der Waals surface area (Å²) >= 11 is 0. The van der Waals surface area contributed by atoms with Crippen LogP contribution >= 0.6 is 24.0 Å². The fraction of sp³-hybridized carbons (Fsp3) is 0.923. The van der Waals surface area contributed by atoms with Crippen LogP contribution in [-0.2, 0) is 4.74 Å². The number of halogens is 1. The topological polar surface area (TPSA) is 45.7 Å². The van der Waals surface area contributed by atoms with E-state index in [1.165, 1.54) is 25.7 Å². The second kappa shape index (κ2) is 17.0. The Bertz CT molecular complexity index is 189. The van der Waals surface area contributed by atoms with E-state index in [1.54, 1.807) is 7.05 Å². The molecule has 0 aliphatic heterocycles. The number of hydrogen-bond donors (Lipinski definition) is 2. The summed E-state index contributed by atoms with van der Waals surface area (Å²) in [5.41, 5.74) is 0. The van der Waals surface area contributed by atoms with Crippen molar-refractivity contribution in [2.24, 2.45) is 4.99 Å². The second-order valence-electron chi connectivity index (χ2n) is 4.10. The van der Waals surface area contributed by atoms with Crippen LogP contribution in [0.4, 0.5) is 0 Å². The highest BCUT2D eigenvalue weighted by Gasteiger charge is 1.95. The summed E-state index contributed by atoms with van der Waals surface area (Å²) in [6.07, 6.45) is 6.05. The van der Waals surface area contributed by atoms with Crippen molar-refractivity contribution in [3.05, 3.63) is 0 Å². The van der Waals surface area contributed by atoms with Crippen LogP contribution in [0, 0.1) is 0 Å². The standard InChI is InChI=1S/C13H29N3O.HI/c1-4-6-8-9-15-13(14-3)16-10-12-17-11-7-5-2;/h4-12H2,1-3H3,(H2,14,15,16);1H. The molecular weight excluding hydrogens is 341 g/mol. The van der Waals surface area contributed by atoms with Crippen LogP contribution in [0.25, 0.3) is 0 Å². The Hall–Kier alpha value is -0.0400. The Labute approximate surface area is 129 Å². The van der Waals surface area contributed by atoms with Crippen LogP contribution in [0.3, 0.4) is 0 Å². The van der Waals surface area contributed by atoms with Crippen LogP contribution in [-0.4, -0.2) is 39.3 Å². The summed E-state index contributed by atoms with van der Waals surface area (Å²) in [4.78, 5) is 4.16. The van der Waals surface area contributed by atoms with Crippen molar-refractivity contribution in [3.63, 3.8) is 0 Å². The van der Waals surface area contributed by atoms with Crippen molar-refractivity contribution in [1.29, 1.82) is 0 Å². The second-order valence-corrected chi connectivity index (χ2v) is 4.10. The van der Waals surface area contributed by atoms with E-state index in [-0.39, 0.29) is 24.0 Å². The van der Waals surface area contributed by atoms with E-state index in [2.05, 4.69) is 29.5 Å². The Morgan fingerprint density at radius 2 is 1.61 bits per heavy atom. The highest BCUT2D eigenvalue weighted by atomic mass is 127. The third-order valence-corrected chi connectivity index (χ3v) is 2.48. The molecule has 110 valence electrons. The number of aliphatic imine (C=N–C) groups is 1. The quantitative estimate of drug-likeness (QED) is 0.269. The van der Waals surface area contributed by atoms with Gasteiger partial charge in [0.25, 0.3) is 0 Å². The van der Waals surface area contributed by atoms with Crippen molar-refractivity contribution >= 4 is 29.9 Å².